The van der Waals surface area contributed by atoms with Crippen LogP contribution in [-0.2, 0) is 10.3 Å². The van der Waals surface area contributed by atoms with Crippen LogP contribution in [0, 0.1) is 6.92 Å². The minimum absolute atomic E-state index is 0.0976. The number of nitrogens with zero attached hydrogens (tertiary/aromatic N) is 1. The summed E-state index contributed by atoms with van der Waals surface area (Å²) in [6.45, 7) is 7.45. The smallest absolute Gasteiger partial charge is 0.125 e. The first-order valence-corrected chi connectivity index (χ1v) is 7.71. The van der Waals surface area contributed by atoms with Gasteiger partial charge in [-0.15, -0.1) is 11.3 Å². The van der Waals surface area contributed by atoms with Crippen molar-refractivity contribution in [2.24, 2.45) is 0 Å². The summed E-state index contributed by atoms with van der Waals surface area (Å²) in [6, 6.07) is 0.386. The first-order valence-electron chi connectivity index (χ1n) is 6.89. The minimum atomic E-state index is -0.0976. The van der Waals surface area contributed by atoms with E-state index in [0.29, 0.717) is 6.04 Å². The van der Waals surface area contributed by atoms with Gasteiger partial charge in [0.05, 0.1) is 5.69 Å². The summed E-state index contributed by atoms with van der Waals surface area (Å²) in [5.74, 6) is 0. The van der Waals surface area contributed by atoms with Crippen LogP contribution in [0.4, 0.5) is 0 Å². The van der Waals surface area contributed by atoms with Crippen LogP contribution in [0.2, 0.25) is 0 Å². The Morgan fingerprint density at radius 1 is 1.44 bits per heavy atom. The van der Waals surface area contributed by atoms with Gasteiger partial charge >= 0.3 is 0 Å². The highest BCUT2D eigenvalue weighted by Crippen LogP contribution is 2.44. The number of aryl methyl sites for hydroxylation is 1. The van der Waals surface area contributed by atoms with E-state index in [1.807, 2.05) is 18.4 Å². The molecule has 3 nitrogen and oxygen atoms in total. The second-order valence-electron chi connectivity index (χ2n) is 5.15. The van der Waals surface area contributed by atoms with Gasteiger partial charge in [-0.05, 0) is 33.2 Å². The molecule has 0 amide bonds. The molecule has 1 aromatic rings. The van der Waals surface area contributed by atoms with Gasteiger partial charge in [-0.2, -0.15) is 0 Å². The minimum Gasteiger partial charge on any atom is -0.371 e. The van der Waals surface area contributed by atoms with Crippen LogP contribution < -0.4 is 5.32 Å². The first-order chi connectivity index (χ1) is 8.63. The maximum absolute atomic E-state index is 5.82. The summed E-state index contributed by atoms with van der Waals surface area (Å²) in [4.78, 5) is 6.15. The van der Waals surface area contributed by atoms with E-state index in [4.69, 9.17) is 9.72 Å². The van der Waals surface area contributed by atoms with Crippen molar-refractivity contribution in [3.8, 4) is 0 Å². The summed E-state index contributed by atoms with van der Waals surface area (Å²) >= 11 is 1.83. The molecule has 0 radical (unpaired) electrons. The van der Waals surface area contributed by atoms with E-state index in [1.54, 1.807) is 0 Å². The number of nitrogens with one attached hydrogen (secondary N) is 1. The Morgan fingerprint density at radius 2 is 2.11 bits per heavy atom. The van der Waals surface area contributed by atoms with Gasteiger partial charge < -0.3 is 10.1 Å². The van der Waals surface area contributed by atoms with Crippen molar-refractivity contribution < 1.29 is 4.74 Å². The van der Waals surface area contributed by atoms with Gasteiger partial charge in [-0.1, -0.05) is 19.8 Å². The molecule has 1 aliphatic rings. The fourth-order valence-corrected chi connectivity index (χ4v) is 4.17. The molecule has 18 heavy (non-hydrogen) atoms. The van der Waals surface area contributed by atoms with Crippen LogP contribution in [0.5, 0.6) is 0 Å². The summed E-state index contributed by atoms with van der Waals surface area (Å²) < 4.78 is 5.82. The number of aromatic nitrogens is 1. The molecular formula is C14H24N2OS. The topological polar surface area (TPSA) is 34.1 Å². The van der Waals surface area contributed by atoms with Gasteiger partial charge in [-0.25, -0.2) is 4.98 Å². The highest BCUT2D eigenvalue weighted by atomic mass is 32.1. The highest BCUT2D eigenvalue weighted by Gasteiger charge is 2.39. The summed E-state index contributed by atoms with van der Waals surface area (Å²) in [7, 11) is 1.83. The SMILES string of the molecule is CCNC(C)c1sc(C2(OC)CCCC2)nc1C. The molecule has 0 aromatic carbocycles. The van der Waals surface area contributed by atoms with Crippen molar-refractivity contribution in [1.29, 1.82) is 0 Å². The maximum atomic E-state index is 5.82. The highest BCUT2D eigenvalue weighted by molar-refractivity contribution is 7.12. The Balaban J connectivity index is 2.27. The third-order valence-electron chi connectivity index (χ3n) is 3.93. The molecule has 1 aliphatic carbocycles. The molecule has 0 spiro atoms. The number of hydrogen-bond donors (Lipinski definition) is 1. The van der Waals surface area contributed by atoms with Crippen molar-refractivity contribution in [3.63, 3.8) is 0 Å². The van der Waals surface area contributed by atoms with Crippen LogP contribution in [0.15, 0.2) is 0 Å². The lowest BCUT2D eigenvalue weighted by atomic mass is 10.0. The zero-order valence-corrected chi connectivity index (χ0v) is 12.7. The van der Waals surface area contributed by atoms with E-state index in [-0.39, 0.29) is 5.60 Å². The lowest BCUT2D eigenvalue weighted by Gasteiger charge is -2.24. The van der Waals surface area contributed by atoms with Gasteiger partial charge in [-0.3, -0.25) is 0 Å². The second kappa shape index (κ2) is 5.68. The van der Waals surface area contributed by atoms with E-state index in [1.165, 1.54) is 22.7 Å². The molecule has 1 unspecified atom stereocenters. The lowest BCUT2D eigenvalue weighted by molar-refractivity contribution is -0.00893. The lowest BCUT2D eigenvalue weighted by Crippen LogP contribution is -2.24. The molecule has 2 rings (SSSR count). The molecule has 1 fully saturated rings. The fraction of sp³-hybridized carbons (Fsp3) is 0.786. The molecule has 1 N–H and O–H groups in total. The van der Waals surface area contributed by atoms with Crippen molar-refractivity contribution in [1.82, 2.24) is 10.3 Å². The number of rotatable bonds is 5. The van der Waals surface area contributed by atoms with Gasteiger partial charge in [0, 0.05) is 18.0 Å². The van der Waals surface area contributed by atoms with Crippen molar-refractivity contribution in [3.05, 3.63) is 15.6 Å². The third kappa shape index (κ3) is 2.46. The zero-order chi connectivity index (χ0) is 13.2. The van der Waals surface area contributed by atoms with Gasteiger partial charge in [0.25, 0.3) is 0 Å². The molecule has 1 heterocycles. The molecular weight excluding hydrogens is 244 g/mol. The Bertz CT molecular complexity index is 396. The molecule has 4 heteroatoms. The number of hydrogen-bond acceptors (Lipinski definition) is 4. The Kier molecular flexibility index (Phi) is 4.41. The number of ether oxygens (including phenoxy) is 1. The maximum Gasteiger partial charge on any atom is 0.125 e. The predicted octanol–water partition coefficient (Wildman–Crippen LogP) is 3.54. The second-order valence-corrected chi connectivity index (χ2v) is 6.18. The van der Waals surface area contributed by atoms with Crippen molar-refractivity contribution >= 4 is 11.3 Å². The van der Waals surface area contributed by atoms with E-state index >= 15 is 0 Å². The van der Waals surface area contributed by atoms with Crippen LogP contribution in [0.25, 0.3) is 0 Å². The Labute approximate surface area is 114 Å². The molecule has 1 atom stereocenters. The normalized spacial score (nSPS) is 20.2. The molecule has 0 saturated heterocycles. The standard InChI is InChI=1S/C14H24N2OS/c1-5-15-10(2)12-11(3)16-13(18-12)14(17-4)8-6-7-9-14/h10,15H,5-9H2,1-4H3. The van der Waals surface area contributed by atoms with E-state index in [0.717, 1.165) is 25.1 Å². The van der Waals surface area contributed by atoms with E-state index in [2.05, 4.69) is 26.1 Å². The zero-order valence-electron chi connectivity index (χ0n) is 11.9. The third-order valence-corrected chi connectivity index (χ3v) is 5.45. The summed E-state index contributed by atoms with van der Waals surface area (Å²) in [5, 5.41) is 4.65. The molecule has 1 saturated carbocycles. The average Bonchev–Trinajstić information content (AvgIpc) is 2.96. The van der Waals surface area contributed by atoms with E-state index in [9.17, 15) is 0 Å². The number of thiazole rings is 1. The van der Waals surface area contributed by atoms with Crippen molar-refractivity contribution in [2.75, 3.05) is 13.7 Å². The molecule has 0 aliphatic heterocycles. The Morgan fingerprint density at radius 3 is 2.67 bits per heavy atom. The summed E-state index contributed by atoms with van der Waals surface area (Å²) in [5.41, 5.74) is 1.06. The van der Waals surface area contributed by atoms with Crippen LogP contribution in [0.3, 0.4) is 0 Å². The van der Waals surface area contributed by atoms with E-state index < -0.39 is 0 Å². The largest absolute Gasteiger partial charge is 0.371 e. The van der Waals surface area contributed by atoms with Gasteiger partial charge in [0.2, 0.25) is 0 Å². The number of methoxy groups -OCH3 is 1. The molecule has 0 bridgehead atoms. The van der Waals surface area contributed by atoms with Gasteiger partial charge in [0.1, 0.15) is 10.6 Å². The fourth-order valence-electron chi connectivity index (χ4n) is 2.86. The monoisotopic (exact) mass is 268 g/mol. The van der Waals surface area contributed by atoms with Crippen molar-refractivity contribution in [2.45, 2.75) is 58.1 Å². The van der Waals surface area contributed by atoms with Crippen LogP contribution >= 0.6 is 11.3 Å². The summed E-state index contributed by atoms with van der Waals surface area (Å²) in [6.07, 6.45) is 4.74. The van der Waals surface area contributed by atoms with Crippen LogP contribution in [0.1, 0.15) is 61.2 Å². The average molecular weight is 268 g/mol. The quantitative estimate of drug-likeness (QED) is 0.887. The van der Waals surface area contributed by atoms with Crippen LogP contribution in [-0.4, -0.2) is 18.6 Å². The molecule has 1 aromatic heterocycles. The Hall–Kier alpha value is -0.450. The molecule has 102 valence electrons. The predicted molar refractivity (Wildman–Crippen MR) is 76.1 cm³/mol. The van der Waals surface area contributed by atoms with Gasteiger partial charge in [0.15, 0.2) is 0 Å². The first kappa shape index (κ1) is 14.0.